The number of halogens is 1. The summed E-state index contributed by atoms with van der Waals surface area (Å²) in [5.41, 5.74) is 0.240. The summed E-state index contributed by atoms with van der Waals surface area (Å²) in [7, 11) is -3.49. The van der Waals surface area contributed by atoms with Crippen molar-refractivity contribution in [2.24, 2.45) is 5.92 Å². The normalized spacial score (nSPS) is 23.1. The molecule has 0 aliphatic carbocycles. The van der Waals surface area contributed by atoms with E-state index in [4.69, 9.17) is 0 Å². The number of rotatable bonds is 0. The molecule has 1 atom stereocenters. The number of nitrogens with zero attached hydrogens (tertiary/aromatic N) is 1. The molecule has 1 aliphatic rings. The minimum absolute atomic E-state index is 0.0617. The van der Waals surface area contributed by atoms with Gasteiger partial charge in [-0.2, -0.15) is 0 Å². The van der Waals surface area contributed by atoms with Crippen LogP contribution in [0.25, 0.3) is 0 Å². The van der Waals surface area contributed by atoms with Crippen molar-refractivity contribution in [1.82, 2.24) is 4.98 Å². The Labute approximate surface area is 101 Å². The number of fused-ring (bicyclic) bond motifs is 1. The second kappa shape index (κ2) is 3.81. The van der Waals surface area contributed by atoms with E-state index in [9.17, 15) is 13.2 Å². The molecule has 0 saturated carbocycles. The predicted molar refractivity (Wildman–Crippen MR) is 61.8 cm³/mol. The lowest BCUT2D eigenvalue weighted by Crippen LogP contribution is -2.22. The van der Waals surface area contributed by atoms with E-state index in [0.717, 1.165) is 0 Å². The number of carbonyl (C=O) groups is 1. The van der Waals surface area contributed by atoms with Crippen LogP contribution in [0.1, 0.15) is 6.92 Å². The minimum atomic E-state index is -3.49. The van der Waals surface area contributed by atoms with E-state index in [2.05, 4.69) is 26.2 Å². The topological polar surface area (TPSA) is 76.1 Å². The number of carbonyl (C=O) groups excluding carboxylic acids is 1. The molecular formula is C9H9BrN2O3S. The van der Waals surface area contributed by atoms with E-state index in [1.54, 1.807) is 6.92 Å². The molecule has 2 heterocycles. The monoisotopic (exact) mass is 304 g/mol. The van der Waals surface area contributed by atoms with Gasteiger partial charge in [0.25, 0.3) is 0 Å². The molecule has 0 spiro atoms. The van der Waals surface area contributed by atoms with Crippen molar-refractivity contribution in [2.75, 3.05) is 11.1 Å². The standard InChI is InChI=1S/C9H9BrN2O3S/c1-5-4-16(14,15)9-7(12-8(5)13)2-6(10)3-11-9/h2-3,5H,4H2,1H3,(H,12,13). The number of hydrogen-bond acceptors (Lipinski definition) is 4. The van der Waals surface area contributed by atoms with E-state index in [1.165, 1.54) is 12.3 Å². The van der Waals surface area contributed by atoms with Crippen LogP contribution in [0, 0.1) is 5.92 Å². The zero-order valence-corrected chi connectivity index (χ0v) is 10.8. The maximum Gasteiger partial charge on any atom is 0.228 e. The highest BCUT2D eigenvalue weighted by atomic mass is 79.9. The van der Waals surface area contributed by atoms with Crippen LogP contribution in [0.2, 0.25) is 0 Å². The molecule has 2 rings (SSSR count). The van der Waals surface area contributed by atoms with E-state index >= 15 is 0 Å². The number of aromatic nitrogens is 1. The van der Waals surface area contributed by atoms with Crippen LogP contribution in [0.3, 0.4) is 0 Å². The Kier molecular flexibility index (Phi) is 2.75. The van der Waals surface area contributed by atoms with Crippen molar-refractivity contribution in [3.63, 3.8) is 0 Å². The molecule has 1 aliphatic heterocycles. The first-order chi connectivity index (χ1) is 7.40. The van der Waals surface area contributed by atoms with Gasteiger partial charge in [0.1, 0.15) is 0 Å². The average molecular weight is 305 g/mol. The lowest BCUT2D eigenvalue weighted by Gasteiger charge is -2.05. The van der Waals surface area contributed by atoms with Gasteiger partial charge >= 0.3 is 0 Å². The Balaban J connectivity index is 2.65. The first kappa shape index (κ1) is 11.5. The van der Waals surface area contributed by atoms with Crippen LogP contribution in [-0.2, 0) is 14.6 Å². The first-order valence-electron chi connectivity index (χ1n) is 4.59. The summed E-state index contributed by atoms with van der Waals surface area (Å²) >= 11 is 3.18. The smallest absolute Gasteiger partial charge is 0.228 e. The summed E-state index contributed by atoms with van der Waals surface area (Å²) in [6, 6.07) is 1.54. The molecule has 7 heteroatoms. The van der Waals surface area contributed by atoms with Crippen molar-refractivity contribution in [3.8, 4) is 0 Å². The van der Waals surface area contributed by atoms with Crippen LogP contribution in [-0.4, -0.2) is 25.1 Å². The van der Waals surface area contributed by atoms with Gasteiger partial charge in [0, 0.05) is 16.6 Å². The first-order valence-corrected chi connectivity index (χ1v) is 7.04. The molecule has 0 fully saturated rings. The fraction of sp³-hybridized carbons (Fsp3) is 0.333. The van der Waals surface area contributed by atoms with Crippen LogP contribution in [0.15, 0.2) is 21.8 Å². The summed E-state index contributed by atoms with van der Waals surface area (Å²) in [6.07, 6.45) is 1.40. The predicted octanol–water partition coefficient (Wildman–Crippen LogP) is 1.21. The second-order valence-electron chi connectivity index (χ2n) is 3.68. The van der Waals surface area contributed by atoms with Crippen LogP contribution >= 0.6 is 15.9 Å². The van der Waals surface area contributed by atoms with Crippen molar-refractivity contribution < 1.29 is 13.2 Å². The summed E-state index contributed by atoms with van der Waals surface area (Å²) in [6.45, 7) is 1.58. The van der Waals surface area contributed by atoms with Gasteiger partial charge in [-0.05, 0) is 22.0 Å². The highest BCUT2D eigenvalue weighted by Gasteiger charge is 2.31. The van der Waals surface area contributed by atoms with Crippen LogP contribution < -0.4 is 5.32 Å². The van der Waals surface area contributed by atoms with Gasteiger partial charge < -0.3 is 5.32 Å². The van der Waals surface area contributed by atoms with Crippen molar-refractivity contribution in [3.05, 3.63) is 16.7 Å². The van der Waals surface area contributed by atoms with Gasteiger partial charge in [-0.15, -0.1) is 0 Å². The van der Waals surface area contributed by atoms with Gasteiger partial charge in [0.05, 0.1) is 11.4 Å². The van der Waals surface area contributed by atoms with E-state index < -0.39 is 15.8 Å². The molecule has 16 heavy (non-hydrogen) atoms. The lowest BCUT2D eigenvalue weighted by atomic mass is 10.2. The Morgan fingerprint density at radius 1 is 1.56 bits per heavy atom. The molecule has 5 nitrogen and oxygen atoms in total. The number of pyridine rings is 1. The molecule has 86 valence electrons. The van der Waals surface area contributed by atoms with Gasteiger partial charge in [-0.3, -0.25) is 4.79 Å². The fourth-order valence-electron chi connectivity index (χ4n) is 1.50. The van der Waals surface area contributed by atoms with Crippen molar-refractivity contribution in [1.29, 1.82) is 0 Å². The maximum absolute atomic E-state index is 11.9. The zero-order chi connectivity index (χ0) is 11.9. The molecule has 0 radical (unpaired) electrons. The Hall–Kier alpha value is -0.950. The number of amides is 1. The van der Waals surface area contributed by atoms with Gasteiger partial charge in [-0.25, -0.2) is 13.4 Å². The van der Waals surface area contributed by atoms with Gasteiger partial charge in [0.2, 0.25) is 5.91 Å². The number of sulfone groups is 1. The summed E-state index contributed by atoms with van der Waals surface area (Å²) in [5.74, 6) is -1.08. The third-order valence-electron chi connectivity index (χ3n) is 2.29. The highest BCUT2D eigenvalue weighted by Crippen LogP contribution is 2.28. The third-order valence-corrected chi connectivity index (χ3v) is 4.57. The molecule has 0 saturated heterocycles. The summed E-state index contributed by atoms with van der Waals surface area (Å²) in [4.78, 5) is 15.4. The van der Waals surface area contributed by atoms with Crippen molar-refractivity contribution >= 4 is 37.4 Å². The largest absolute Gasteiger partial charge is 0.323 e. The molecule has 0 aromatic carbocycles. The second-order valence-corrected chi connectivity index (χ2v) is 6.54. The number of anilines is 1. The molecule has 0 bridgehead atoms. The maximum atomic E-state index is 11.9. The Morgan fingerprint density at radius 3 is 2.94 bits per heavy atom. The van der Waals surface area contributed by atoms with E-state index in [1.807, 2.05) is 0 Å². The molecule has 1 aromatic rings. The Morgan fingerprint density at radius 2 is 2.25 bits per heavy atom. The fourth-order valence-corrected chi connectivity index (χ4v) is 3.46. The SMILES string of the molecule is CC1CS(=O)(=O)c2ncc(Br)cc2NC1=O. The Bertz CT molecular complexity index is 556. The van der Waals surface area contributed by atoms with E-state index in [0.29, 0.717) is 4.47 Å². The van der Waals surface area contributed by atoms with Crippen LogP contribution in [0.5, 0.6) is 0 Å². The minimum Gasteiger partial charge on any atom is -0.323 e. The van der Waals surface area contributed by atoms with Gasteiger partial charge in [0.15, 0.2) is 14.9 Å². The number of nitrogens with one attached hydrogen (secondary N) is 1. The molecule has 1 aromatic heterocycles. The molecule has 1 unspecified atom stereocenters. The zero-order valence-electron chi connectivity index (χ0n) is 8.40. The molecule has 1 amide bonds. The highest BCUT2D eigenvalue weighted by molar-refractivity contribution is 9.10. The summed E-state index contributed by atoms with van der Waals surface area (Å²) in [5, 5.41) is 2.50. The third kappa shape index (κ3) is 1.97. The molecule has 1 N–H and O–H groups in total. The average Bonchev–Trinajstić information content (AvgIpc) is 2.22. The van der Waals surface area contributed by atoms with Crippen LogP contribution in [0.4, 0.5) is 5.69 Å². The van der Waals surface area contributed by atoms with Crippen molar-refractivity contribution in [2.45, 2.75) is 11.9 Å². The quantitative estimate of drug-likeness (QED) is 0.781. The molecular weight excluding hydrogens is 296 g/mol. The lowest BCUT2D eigenvalue weighted by molar-refractivity contribution is -0.118. The van der Waals surface area contributed by atoms with Gasteiger partial charge in [-0.1, -0.05) is 6.92 Å². The van der Waals surface area contributed by atoms with E-state index in [-0.39, 0.29) is 22.4 Å². The summed E-state index contributed by atoms with van der Waals surface area (Å²) < 4.78 is 24.4. The number of hydrogen-bond donors (Lipinski definition) is 1.